The lowest BCUT2D eigenvalue weighted by molar-refractivity contribution is -0.274. The summed E-state index contributed by atoms with van der Waals surface area (Å²) in [7, 11) is 0. The zero-order valence-corrected chi connectivity index (χ0v) is 21.0. The molecule has 0 aliphatic carbocycles. The second kappa shape index (κ2) is 11.8. The van der Waals surface area contributed by atoms with Gasteiger partial charge in [0.25, 0.3) is 11.5 Å². The van der Waals surface area contributed by atoms with Crippen molar-refractivity contribution < 1.29 is 32.6 Å². The van der Waals surface area contributed by atoms with Gasteiger partial charge in [0.05, 0.1) is 12.2 Å². The molecule has 2 aromatic carbocycles. The smallest absolute Gasteiger partial charge is 0.405 e. The number of aromatic nitrogens is 2. The highest BCUT2D eigenvalue weighted by molar-refractivity contribution is 5.98. The number of benzene rings is 2. The number of nitrogens with zero attached hydrogens (tertiary/aromatic N) is 2. The fraction of sp³-hybridized carbons (Fsp3) is 0.308. The number of nitrogens with two attached hydrogens (primary N) is 1. The molecule has 0 radical (unpaired) electrons. The number of aliphatic hydroxyl groups excluding tert-OH is 1. The van der Waals surface area contributed by atoms with E-state index in [2.05, 4.69) is 15.0 Å². The maximum atomic E-state index is 13.1. The van der Waals surface area contributed by atoms with Crippen LogP contribution >= 0.6 is 0 Å². The van der Waals surface area contributed by atoms with E-state index in [1.807, 2.05) is 0 Å². The Morgan fingerprint density at radius 3 is 2.52 bits per heavy atom. The van der Waals surface area contributed by atoms with Gasteiger partial charge in [0.2, 0.25) is 5.91 Å². The van der Waals surface area contributed by atoms with Crippen molar-refractivity contribution in [3.05, 3.63) is 97.8 Å². The Labute approximate surface area is 225 Å². The Morgan fingerprint density at radius 2 is 1.88 bits per heavy atom. The molecule has 0 saturated carbocycles. The van der Waals surface area contributed by atoms with Gasteiger partial charge in [-0.3, -0.25) is 24.3 Å². The summed E-state index contributed by atoms with van der Waals surface area (Å²) in [6.45, 7) is -0.177. The summed E-state index contributed by atoms with van der Waals surface area (Å²) in [5, 5.41) is 13.0. The molecule has 11 nitrogen and oxygen atoms in total. The molecule has 2 amide bonds. The summed E-state index contributed by atoms with van der Waals surface area (Å²) in [4.78, 5) is 53.2. The van der Waals surface area contributed by atoms with Crippen LogP contribution in [0.2, 0.25) is 0 Å². The number of carbonyl (C=O) groups is 2. The van der Waals surface area contributed by atoms with Gasteiger partial charge in [0.1, 0.15) is 18.0 Å². The summed E-state index contributed by atoms with van der Waals surface area (Å²) >= 11 is 0. The quantitative estimate of drug-likeness (QED) is 0.287. The molecule has 3 aromatic rings. The maximum Gasteiger partial charge on any atom is 0.573 e. The molecule has 1 fully saturated rings. The number of aliphatic hydroxyl groups is 1. The van der Waals surface area contributed by atoms with Gasteiger partial charge < -0.3 is 25.5 Å². The first kappa shape index (κ1) is 28.6. The number of ether oxygens (including phenoxy) is 1. The van der Waals surface area contributed by atoms with E-state index in [1.54, 1.807) is 30.3 Å². The third kappa shape index (κ3) is 6.76. The number of H-pyrrole nitrogens is 1. The molecule has 0 bridgehead atoms. The lowest BCUT2D eigenvalue weighted by Crippen LogP contribution is -2.43. The van der Waals surface area contributed by atoms with Gasteiger partial charge >= 0.3 is 12.1 Å². The highest BCUT2D eigenvalue weighted by Gasteiger charge is 2.35. The highest BCUT2D eigenvalue weighted by atomic mass is 19.4. The molecule has 212 valence electrons. The number of likely N-dealkylation sites (tertiary alicyclic amines) is 1. The van der Waals surface area contributed by atoms with Crippen LogP contribution in [0.5, 0.6) is 5.75 Å². The first-order valence-electron chi connectivity index (χ1n) is 12.2. The molecule has 1 unspecified atom stereocenters. The number of halogens is 3. The van der Waals surface area contributed by atoms with Crippen molar-refractivity contribution in [1.82, 2.24) is 19.8 Å². The number of amides is 2. The standard InChI is InChI=1S/C26H26F3N5O6/c27-26(28,29)40-20-11-16(24(38)33-10-4-7-19(33)22(30)36)8-9-17(20)13-31-23(37)18-12-21(35)34(25(39)32-18)14-15-5-2-1-3-6-15/h1-3,5-6,8-9,11-12,19,23,31,37H,4,7,10,13-14H2,(H2,30,36)(H,32,39)/t19-,23?/m0/s1. The lowest BCUT2D eigenvalue weighted by Gasteiger charge is -2.23. The number of rotatable bonds is 9. The molecule has 1 aromatic heterocycles. The van der Waals surface area contributed by atoms with Crippen LogP contribution in [0.4, 0.5) is 13.2 Å². The van der Waals surface area contributed by atoms with Crippen molar-refractivity contribution in [1.29, 1.82) is 0 Å². The van der Waals surface area contributed by atoms with Gasteiger partial charge in [-0.2, -0.15) is 0 Å². The summed E-state index contributed by atoms with van der Waals surface area (Å²) in [6.07, 6.45) is -5.85. The van der Waals surface area contributed by atoms with Gasteiger partial charge in [-0.1, -0.05) is 36.4 Å². The number of alkyl halides is 3. The van der Waals surface area contributed by atoms with Crippen molar-refractivity contribution in [3.63, 3.8) is 0 Å². The van der Waals surface area contributed by atoms with Gasteiger partial charge in [-0.05, 0) is 30.5 Å². The maximum absolute atomic E-state index is 13.1. The molecular formula is C26H26F3N5O6. The van der Waals surface area contributed by atoms with Gasteiger partial charge in [0.15, 0.2) is 0 Å². The molecule has 1 aliphatic heterocycles. The zero-order chi connectivity index (χ0) is 29.0. The Bertz CT molecular complexity index is 1470. The Hall–Kier alpha value is -4.43. The summed E-state index contributed by atoms with van der Waals surface area (Å²) in [5.74, 6) is -2.10. The Balaban J connectivity index is 1.52. The van der Waals surface area contributed by atoms with Gasteiger partial charge in [0, 0.05) is 30.3 Å². The molecular weight excluding hydrogens is 535 g/mol. The van der Waals surface area contributed by atoms with E-state index in [-0.39, 0.29) is 29.9 Å². The average Bonchev–Trinajstić information content (AvgIpc) is 3.39. The van der Waals surface area contributed by atoms with Gasteiger partial charge in [-0.15, -0.1) is 13.2 Å². The monoisotopic (exact) mass is 561 g/mol. The number of nitrogens with one attached hydrogen (secondary N) is 2. The van der Waals surface area contributed by atoms with E-state index < -0.39 is 54.0 Å². The first-order valence-corrected chi connectivity index (χ1v) is 12.2. The van der Waals surface area contributed by atoms with Crippen LogP contribution < -0.4 is 27.0 Å². The number of carbonyl (C=O) groups excluding carboxylic acids is 2. The highest BCUT2D eigenvalue weighted by Crippen LogP contribution is 2.29. The molecule has 14 heteroatoms. The summed E-state index contributed by atoms with van der Waals surface area (Å²) in [6, 6.07) is 12.2. The fourth-order valence-corrected chi connectivity index (χ4v) is 4.44. The number of hydrogen-bond acceptors (Lipinski definition) is 7. The molecule has 5 N–H and O–H groups in total. The zero-order valence-electron chi connectivity index (χ0n) is 21.0. The number of hydrogen-bond donors (Lipinski definition) is 4. The second-order valence-electron chi connectivity index (χ2n) is 9.15. The van der Waals surface area contributed by atoms with Crippen LogP contribution in [0.25, 0.3) is 0 Å². The minimum absolute atomic E-state index is 0.000361. The lowest BCUT2D eigenvalue weighted by atomic mass is 10.1. The third-order valence-corrected chi connectivity index (χ3v) is 6.39. The van der Waals surface area contributed by atoms with Crippen molar-refractivity contribution in [2.24, 2.45) is 5.73 Å². The van der Waals surface area contributed by atoms with E-state index in [0.717, 1.165) is 16.7 Å². The minimum Gasteiger partial charge on any atom is -0.405 e. The van der Waals surface area contributed by atoms with E-state index in [0.29, 0.717) is 18.4 Å². The van der Waals surface area contributed by atoms with Crippen LogP contribution in [-0.4, -0.2) is 50.3 Å². The normalized spacial score (nSPS) is 16.1. The van der Waals surface area contributed by atoms with E-state index in [4.69, 9.17) is 5.73 Å². The number of aromatic amines is 1. The topological polar surface area (TPSA) is 160 Å². The predicted octanol–water partition coefficient (Wildman–Crippen LogP) is 1.35. The Kier molecular flexibility index (Phi) is 8.40. The van der Waals surface area contributed by atoms with Crippen molar-refractivity contribution in [3.8, 4) is 5.75 Å². The van der Waals surface area contributed by atoms with Crippen LogP contribution in [0, 0.1) is 0 Å². The molecule has 2 heterocycles. The molecule has 40 heavy (non-hydrogen) atoms. The molecule has 4 rings (SSSR count). The van der Waals surface area contributed by atoms with Crippen molar-refractivity contribution in [2.75, 3.05) is 6.54 Å². The van der Waals surface area contributed by atoms with Crippen LogP contribution in [0.3, 0.4) is 0 Å². The average molecular weight is 562 g/mol. The first-order chi connectivity index (χ1) is 18.9. The fourth-order valence-electron chi connectivity index (χ4n) is 4.44. The van der Waals surface area contributed by atoms with Gasteiger partial charge in [-0.25, -0.2) is 4.79 Å². The largest absolute Gasteiger partial charge is 0.573 e. The van der Waals surface area contributed by atoms with E-state index in [9.17, 15) is 37.5 Å². The SMILES string of the molecule is NC(=O)[C@@H]1CCCN1C(=O)c1ccc(CNC(O)c2cc(=O)n(Cc3ccccc3)c(=O)[nH]2)c(OC(F)(F)F)c1. The Morgan fingerprint density at radius 1 is 1.15 bits per heavy atom. The third-order valence-electron chi connectivity index (χ3n) is 6.39. The van der Waals surface area contributed by atoms with E-state index in [1.165, 1.54) is 17.0 Å². The van der Waals surface area contributed by atoms with Crippen LogP contribution in [0.15, 0.2) is 64.2 Å². The summed E-state index contributed by atoms with van der Waals surface area (Å²) in [5.41, 5.74) is 4.13. The van der Waals surface area contributed by atoms with Crippen LogP contribution in [0.1, 0.15) is 46.2 Å². The minimum atomic E-state index is -5.09. The number of primary amides is 1. The summed E-state index contributed by atoms with van der Waals surface area (Å²) < 4.78 is 44.5. The van der Waals surface area contributed by atoms with E-state index >= 15 is 0 Å². The molecule has 1 saturated heterocycles. The second-order valence-corrected chi connectivity index (χ2v) is 9.15. The molecule has 0 spiro atoms. The predicted molar refractivity (Wildman–Crippen MR) is 135 cm³/mol. The molecule has 1 aliphatic rings. The van der Waals surface area contributed by atoms with Crippen molar-refractivity contribution >= 4 is 11.8 Å². The van der Waals surface area contributed by atoms with Crippen molar-refractivity contribution in [2.45, 2.75) is 44.6 Å². The molecule has 2 atom stereocenters. The van der Waals surface area contributed by atoms with Crippen LogP contribution in [-0.2, 0) is 17.9 Å².